The average molecular weight is 340 g/mol. The minimum Gasteiger partial charge on any atom is -0.493 e. The predicted molar refractivity (Wildman–Crippen MR) is 87.6 cm³/mol. The summed E-state index contributed by atoms with van der Waals surface area (Å²) in [5.74, 6) is 0.978. The summed E-state index contributed by atoms with van der Waals surface area (Å²) in [5.41, 5.74) is 0.671. The van der Waals surface area contributed by atoms with Crippen LogP contribution < -0.4 is 14.8 Å². The molecule has 7 heteroatoms. The zero-order chi connectivity index (χ0) is 16.6. The molecular weight excluding hydrogens is 316 g/mol. The van der Waals surface area contributed by atoms with Gasteiger partial charge in [0.25, 0.3) is 0 Å². The highest BCUT2D eigenvalue weighted by molar-refractivity contribution is 7.89. The fraction of sp³-hybridized carbons (Fsp3) is 0.625. The lowest BCUT2D eigenvalue weighted by Gasteiger charge is -2.25. The third-order valence-electron chi connectivity index (χ3n) is 4.78. The molecule has 1 aromatic rings. The van der Waals surface area contributed by atoms with Crippen LogP contribution >= 0.6 is 0 Å². The maximum Gasteiger partial charge on any atom is 0.243 e. The van der Waals surface area contributed by atoms with Gasteiger partial charge in [0.2, 0.25) is 10.0 Å². The normalized spacial score (nSPS) is 25.2. The molecule has 2 atom stereocenters. The molecule has 0 saturated carbocycles. The van der Waals surface area contributed by atoms with Crippen molar-refractivity contribution in [1.82, 2.24) is 9.62 Å². The summed E-state index contributed by atoms with van der Waals surface area (Å²) in [5, 5.41) is 3.51. The summed E-state index contributed by atoms with van der Waals surface area (Å²) in [6.07, 6.45) is 3.05. The Bertz CT molecular complexity index is 690. The van der Waals surface area contributed by atoms with Crippen LogP contribution in [-0.2, 0) is 10.0 Å². The van der Waals surface area contributed by atoms with E-state index in [-0.39, 0.29) is 6.04 Å². The molecule has 128 valence electrons. The van der Waals surface area contributed by atoms with Gasteiger partial charge < -0.3 is 14.8 Å². The summed E-state index contributed by atoms with van der Waals surface area (Å²) < 4.78 is 38.3. The number of aryl methyl sites for hydroxylation is 1. The summed E-state index contributed by atoms with van der Waals surface area (Å²) in [4.78, 5) is 0.299. The van der Waals surface area contributed by atoms with Gasteiger partial charge in [0.05, 0.1) is 19.1 Å². The quantitative estimate of drug-likeness (QED) is 0.900. The smallest absolute Gasteiger partial charge is 0.243 e. The van der Waals surface area contributed by atoms with Crippen LogP contribution in [0.3, 0.4) is 0 Å². The van der Waals surface area contributed by atoms with Crippen molar-refractivity contribution in [3.05, 3.63) is 17.7 Å². The molecule has 0 aromatic heterocycles. The fourth-order valence-electron chi connectivity index (χ4n) is 3.51. The Kier molecular flexibility index (Phi) is 4.53. The Hall–Kier alpha value is -1.31. The molecule has 2 saturated heterocycles. The first-order valence-electron chi connectivity index (χ1n) is 7.94. The van der Waals surface area contributed by atoms with E-state index in [1.165, 1.54) is 7.11 Å². The van der Waals surface area contributed by atoms with Crippen molar-refractivity contribution in [1.29, 1.82) is 0 Å². The first-order valence-corrected chi connectivity index (χ1v) is 9.38. The maximum atomic E-state index is 13.1. The Morgan fingerprint density at radius 2 is 1.74 bits per heavy atom. The number of benzene rings is 1. The SMILES string of the molecule is COc1cc(C)c(S(=O)(=O)N2CCC3CCC(C2)N3)cc1OC. The van der Waals surface area contributed by atoms with Crippen LogP contribution in [0.15, 0.2) is 17.0 Å². The van der Waals surface area contributed by atoms with Crippen molar-refractivity contribution in [3.8, 4) is 11.5 Å². The van der Waals surface area contributed by atoms with Gasteiger partial charge in [0, 0.05) is 31.2 Å². The molecule has 0 amide bonds. The zero-order valence-electron chi connectivity index (χ0n) is 13.8. The lowest BCUT2D eigenvalue weighted by molar-refractivity contribution is 0.352. The first kappa shape index (κ1) is 16.5. The van der Waals surface area contributed by atoms with Crippen molar-refractivity contribution < 1.29 is 17.9 Å². The van der Waals surface area contributed by atoms with E-state index in [4.69, 9.17) is 9.47 Å². The van der Waals surface area contributed by atoms with E-state index in [9.17, 15) is 8.42 Å². The Labute approximate surface area is 137 Å². The van der Waals surface area contributed by atoms with Crippen molar-refractivity contribution in [2.24, 2.45) is 0 Å². The van der Waals surface area contributed by atoms with Crippen LogP contribution in [-0.4, -0.2) is 52.1 Å². The average Bonchev–Trinajstić information content (AvgIpc) is 2.85. The van der Waals surface area contributed by atoms with Gasteiger partial charge in [-0.15, -0.1) is 0 Å². The molecule has 0 aliphatic carbocycles. The van der Waals surface area contributed by atoms with Crippen LogP contribution in [0.4, 0.5) is 0 Å². The summed E-state index contributed by atoms with van der Waals surface area (Å²) >= 11 is 0. The number of hydrogen-bond donors (Lipinski definition) is 1. The number of sulfonamides is 1. The molecule has 1 aromatic carbocycles. The standard InChI is InChI=1S/C16H24N2O4S/c1-11-8-14(21-2)15(22-3)9-16(11)23(19,20)18-7-6-12-4-5-13(10-18)17-12/h8-9,12-13,17H,4-7,10H2,1-3H3. The summed E-state index contributed by atoms with van der Waals surface area (Å²) in [7, 11) is -0.482. The molecule has 2 aliphatic heterocycles. The number of methoxy groups -OCH3 is 2. The maximum absolute atomic E-state index is 13.1. The highest BCUT2D eigenvalue weighted by Gasteiger charge is 2.35. The van der Waals surface area contributed by atoms with E-state index in [0.29, 0.717) is 41.1 Å². The second kappa shape index (κ2) is 6.30. The molecule has 0 radical (unpaired) electrons. The van der Waals surface area contributed by atoms with Gasteiger partial charge >= 0.3 is 0 Å². The lowest BCUT2D eigenvalue weighted by atomic mass is 10.1. The molecule has 2 aliphatic rings. The molecule has 6 nitrogen and oxygen atoms in total. The fourth-order valence-corrected chi connectivity index (χ4v) is 5.23. The van der Waals surface area contributed by atoms with Crippen molar-refractivity contribution in [2.75, 3.05) is 27.3 Å². The molecular formula is C16H24N2O4S. The van der Waals surface area contributed by atoms with Crippen LogP contribution in [0.25, 0.3) is 0 Å². The van der Waals surface area contributed by atoms with Gasteiger partial charge in [-0.05, 0) is 37.8 Å². The second-order valence-electron chi connectivity index (χ2n) is 6.26. The third kappa shape index (κ3) is 3.05. The van der Waals surface area contributed by atoms with Crippen LogP contribution in [0, 0.1) is 6.92 Å². The number of nitrogens with one attached hydrogen (secondary N) is 1. The molecule has 2 heterocycles. The van der Waals surface area contributed by atoms with E-state index in [2.05, 4.69) is 5.32 Å². The van der Waals surface area contributed by atoms with Crippen molar-refractivity contribution in [3.63, 3.8) is 0 Å². The highest BCUT2D eigenvalue weighted by atomic mass is 32.2. The topological polar surface area (TPSA) is 67.9 Å². The van der Waals surface area contributed by atoms with Gasteiger partial charge in [-0.1, -0.05) is 0 Å². The predicted octanol–water partition coefficient (Wildman–Crippen LogP) is 1.53. The Morgan fingerprint density at radius 1 is 1.09 bits per heavy atom. The van der Waals surface area contributed by atoms with E-state index >= 15 is 0 Å². The molecule has 2 unspecified atom stereocenters. The van der Waals surface area contributed by atoms with E-state index in [0.717, 1.165) is 19.3 Å². The van der Waals surface area contributed by atoms with Gasteiger partial charge in [-0.25, -0.2) is 8.42 Å². The Morgan fingerprint density at radius 3 is 2.43 bits per heavy atom. The van der Waals surface area contributed by atoms with Crippen LogP contribution in [0.5, 0.6) is 11.5 Å². The molecule has 0 spiro atoms. The van der Waals surface area contributed by atoms with Crippen LogP contribution in [0.1, 0.15) is 24.8 Å². The zero-order valence-corrected chi connectivity index (χ0v) is 14.6. The minimum atomic E-state index is -3.54. The summed E-state index contributed by atoms with van der Waals surface area (Å²) in [6.45, 7) is 2.88. The molecule has 3 rings (SSSR count). The van der Waals surface area contributed by atoms with Crippen molar-refractivity contribution >= 4 is 10.0 Å². The number of hydrogen-bond acceptors (Lipinski definition) is 5. The number of nitrogens with zero attached hydrogens (tertiary/aromatic N) is 1. The van der Waals surface area contributed by atoms with Crippen molar-refractivity contribution in [2.45, 2.75) is 43.2 Å². The number of ether oxygens (including phenoxy) is 2. The monoisotopic (exact) mass is 340 g/mol. The lowest BCUT2D eigenvalue weighted by Crippen LogP contribution is -2.39. The number of fused-ring (bicyclic) bond motifs is 2. The first-order chi connectivity index (χ1) is 11.0. The van der Waals surface area contributed by atoms with E-state index in [1.54, 1.807) is 30.5 Å². The van der Waals surface area contributed by atoms with Gasteiger partial charge in [0.15, 0.2) is 11.5 Å². The summed E-state index contributed by atoms with van der Waals surface area (Å²) in [6, 6.07) is 4.00. The molecule has 2 bridgehead atoms. The largest absolute Gasteiger partial charge is 0.493 e. The minimum absolute atomic E-state index is 0.262. The second-order valence-corrected chi connectivity index (χ2v) is 8.17. The third-order valence-corrected chi connectivity index (χ3v) is 6.79. The molecule has 23 heavy (non-hydrogen) atoms. The van der Waals surface area contributed by atoms with Gasteiger partial charge in [0.1, 0.15) is 0 Å². The highest BCUT2D eigenvalue weighted by Crippen LogP contribution is 2.34. The Balaban J connectivity index is 1.96. The molecule has 1 N–H and O–H groups in total. The van der Waals surface area contributed by atoms with Crippen LogP contribution in [0.2, 0.25) is 0 Å². The van der Waals surface area contributed by atoms with Gasteiger partial charge in [-0.2, -0.15) is 4.31 Å². The van der Waals surface area contributed by atoms with E-state index in [1.807, 2.05) is 0 Å². The number of rotatable bonds is 4. The van der Waals surface area contributed by atoms with Gasteiger partial charge in [-0.3, -0.25) is 0 Å². The molecule has 2 fully saturated rings. The van der Waals surface area contributed by atoms with E-state index < -0.39 is 10.0 Å².